The van der Waals surface area contributed by atoms with Crippen molar-refractivity contribution in [3.05, 3.63) is 70.7 Å². The fourth-order valence-corrected chi connectivity index (χ4v) is 4.88. The van der Waals surface area contributed by atoms with Gasteiger partial charge in [0, 0.05) is 29.4 Å². The van der Waals surface area contributed by atoms with Crippen molar-refractivity contribution in [1.82, 2.24) is 9.97 Å². The van der Waals surface area contributed by atoms with Crippen molar-refractivity contribution in [3.8, 4) is 22.4 Å². The number of benzene rings is 1. The van der Waals surface area contributed by atoms with E-state index in [0.717, 1.165) is 17.8 Å². The maximum Gasteiger partial charge on any atom is 0.0705 e. The number of hydrogen-bond acceptors (Lipinski definition) is 2. The summed E-state index contributed by atoms with van der Waals surface area (Å²) in [6.07, 6.45) is 2.79. The molecule has 1 aromatic carbocycles. The van der Waals surface area contributed by atoms with Gasteiger partial charge >= 0.3 is 0 Å². The second-order valence-electron chi connectivity index (χ2n) is 8.79. The van der Waals surface area contributed by atoms with Crippen molar-refractivity contribution in [3.63, 3.8) is 0 Å². The van der Waals surface area contributed by atoms with E-state index in [1.54, 1.807) is 0 Å². The average Bonchev–Trinajstić information content (AvgIpc) is 2.98. The lowest BCUT2D eigenvalue weighted by Gasteiger charge is -2.48. The molecule has 2 aliphatic rings. The Morgan fingerprint density at radius 2 is 1.65 bits per heavy atom. The van der Waals surface area contributed by atoms with Crippen molar-refractivity contribution >= 4 is 0 Å². The van der Waals surface area contributed by atoms with Crippen molar-refractivity contribution in [2.75, 3.05) is 0 Å². The summed E-state index contributed by atoms with van der Waals surface area (Å²) in [6, 6.07) is 13.1. The highest BCUT2D eigenvalue weighted by molar-refractivity contribution is 5.90. The zero-order valence-electron chi connectivity index (χ0n) is 16.1. The van der Waals surface area contributed by atoms with Crippen molar-refractivity contribution in [1.29, 1.82) is 0 Å². The number of rotatable bonds is 1. The van der Waals surface area contributed by atoms with Crippen LogP contribution in [-0.2, 0) is 17.3 Å². The standard InChI is InChI=1S/C24H24N2/c1-14-12-18-22-20(26-14)13-16-15(19-8-6-7-11-25-19)9-10-17(21(16)22)23(2,3)24(18,4)5/h6-12H,13H2,1-5H3. The third-order valence-corrected chi connectivity index (χ3v) is 6.98. The molecule has 0 unspecified atom stereocenters. The number of aryl methyl sites for hydroxylation is 1. The van der Waals surface area contributed by atoms with E-state index in [-0.39, 0.29) is 10.8 Å². The number of hydrogen-bond donors (Lipinski definition) is 0. The molecule has 0 radical (unpaired) electrons. The topological polar surface area (TPSA) is 25.8 Å². The Labute approximate surface area is 155 Å². The lowest BCUT2D eigenvalue weighted by Crippen LogP contribution is -2.43. The molecule has 0 saturated carbocycles. The molecule has 5 rings (SSSR count). The minimum Gasteiger partial charge on any atom is -0.257 e. The van der Waals surface area contributed by atoms with Crippen LogP contribution in [0.5, 0.6) is 0 Å². The van der Waals surface area contributed by atoms with E-state index in [9.17, 15) is 0 Å². The van der Waals surface area contributed by atoms with Gasteiger partial charge in [-0.15, -0.1) is 0 Å². The van der Waals surface area contributed by atoms with Crippen LogP contribution in [0, 0.1) is 6.92 Å². The zero-order chi connectivity index (χ0) is 18.3. The van der Waals surface area contributed by atoms with Crippen LogP contribution in [0.3, 0.4) is 0 Å². The Bertz CT molecular complexity index is 1060. The van der Waals surface area contributed by atoms with Gasteiger partial charge in [-0.25, -0.2) is 0 Å². The summed E-state index contributed by atoms with van der Waals surface area (Å²) in [6.45, 7) is 11.7. The summed E-state index contributed by atoms with van der Waals surface area (Å²) < 4.78 is 0. The summed E-state index contributed by atoms with van der Waals surface area (Å²) in [5.41, 5.74) is 11.9. The van der Waals surface area contributed by atoms with Crippen molar-refractivity contribution < 1.29 is 0 Å². The van der Waals surface area contributed by atoms with Crippen molar-refractivity contribution in [2.24, 2.45) is 0 Å². The molecule has 0 atom stereocenters. The highest BCUT2D eigenvalue weighted by atomic mass is 14.7. The van der Waals surface area contributed by atoms with Crippen LogP contribution in [0.4, 0.5) is 0 Å². The summed E-state index contributed by atoms with van der Waals surface area (Å²) in [7, 11) is 0. The van der Waals surface area contributed by atoms with E-state index in [2.05, 4.69) is 69.9 Å². The van der Waals surface area contributed by atoms with Crippen LogP contribution in [0.15, 0.2) is 42.6 Å². The van der Waals surface area contributed by atoms with E-state index in [0.29, 0.717) is 0 Å². The minimum atomic E-state index is 0.0577. The van der Waals surface area contributed by atoms with E-state index in [4.69, 9.17) is 4.98 Å². The average molecular weight is 340 g/mol. The Morgan fingerprint density at radius 1 is 0.885 bits per heavy atom. The second kappa shape index (κ2) is 4.82. The molecule has 26 heavy (non-hydrogen) atoms. The quantitative estimate of drug-likeness (QED) is 0.451. The molecular formula is C24H24N2. The van der Waals surface area contributed by atoms with Gasteiger partial charge in [0.1, 0.15) is 0 Å². The molecule has 2 aromatic heterocycles. The molecule has 0 bridgehead atoms. The Hall–Kier alpha value is -2.48. The monoisotopic (exact) mass is 340 g/mol. The van der Waals surface area contributed by atoms with Crippen molar-refractivity contribution in [2.45, 2.75) is 51.9 Å². The summed E-state index contributed by atoms with van der Waals surface area (Å²) in [5.74, 6) is 0. The molecule has 0 aliphatic heterocycles. The third-order valence-electron chi connectivity index (χ3n) is 6.98. The predicted molar refractivity (Wildman–Crippen MR) is 106 cm³/mol. The molecule has 0 fully saturated rings. The number of pyridine rings is 2. The van der Waals surface area contributed by atoms with E-state index >= 15 is 0 Å². The molecule has 2 heteroatoms. The highest BCUT2D eigenvalue weighted by Gasteiger charge is 2.49. The minimum absolute atomic E-state index is 0.0577. The highest BCUT2D eigenvalue weighted by Crippen LogP contribution is 2.58. The van der Waals surface area contributed by atoms with Crippen LogP contribution in [-0.4, -0.2) is 9.97 Å². The fraction of sp³-hybridized carbons (Fsp3) is 0.333. The van der Waals surface area contributed by atoms with Crippen LogP contribution in [0.2, 0.25) is 0 Å². The summed E-state index contributed by atoms with van der Waals surface area (Å²) in [4.78, 5) is 9.55. The largest absolute Gasteiger partial charge is 0.257 e. The Morgan fingerprint density at radius 3 is 2.38 bits per heavy atom. The van der Waals surface area contributed by atoms with Gasteiger partial charge in [0.2, 0.25) is 0 Å². The molecule has 0 amide bonds. The maximum absolute atomic E-state index is 4.93. The Balaban J connectivity index is 1.90. The molecule has 2 aliphatic carbocycles. The third kappa shape index (κ3) is 1.77. The molecule has 0 saturated heterocycles. The normalized spacial score (nSPS) is 17.9. The predicted octanol–water partition coefficient (Wildman–Crippen LogP) is 5.59. The van der Waals surface area contributed by atoms with Crippen LogP contribution < -0.4 is 0 Å². The molecule has 2 nitrogen and oxygen atoms in total. The maximum atomic E-state index is 4.93. The fourth-order valence-electron chi connectivity index (χ4n) is 4.88. The molecular weight excluding hydrogens is 316 g/mol. The van der Waals surface area contributed by atoms with E-state index in [1.807, 2.05) is 12.3 Å². The molecule has 0 spiro atoms. The zero-order valence-corrected chi connectivity index (χ0v) is 16.1. The Kier molecular flexibility index (Phi) is 2.92. The van der Waals surface area contributed by atoms with Gasteiger partial charge < -0.3 is 0 Å². The summed E-state index contributed by atoms with van der Waals surface area (Å²) in [5, 5.41) is 0. The lowest BCUT2D eigenvalue weighted by molar-refractivity contribution is 0.299. The molecule has 0 N–H and O–H groups in total. The van der Waals surface area contributed by atoms with Crippen LogP contribution in [0.1, 0.15) is 55.8 Å². The molecule has 130 valence electrons. The molecule has 2 heterocycles. The first kappa shape index (κ1) is 15.7. The summed E-state index contributed by atoms with van der Waals surface area (Å²) >= 11 is 0. The SMILES string of the molecule is Cc1cc2c3c(n1)Cc1c(-c4ccccn4)ccc(c1-3)C(C)(C)C2(C)C. The van der Waals surface area contributed by atoms with Gasteiger partial charge in [-0.1, -0.05) is 45.9 Å². The smallest absolute Gasteiger partial charge is 0.0705 e. The van der Waals surface area contributed by atoms with E-state index < -0.39 is 0 Å². The van der Waals surface area contributed by atoms with Gasteiger partial charge in [0.15, 0.2) is 0 Å². The van der Waals surface area contributed by atoms with Crippen LogP contribution >= 0.6 is 0 Å². The first-order valence-corrected chi connectivity index (χ1v) is 9.41. The van der Waals surface area contributed by atoms with Gasteiger partial charge in [-0.2, -0.15) is 0 Å². The van der Waals surface area contributed by atoms with Gasteiger partial charge in [0.25, 0.3) is 0 Å². The lowest BCUT2D eigenvalue weighted by atomic mass is 9.55. The number of aromatic nitrogens is 2. The number of nitrogens with zero attached hydrogens (tertiary/aromatic N) is 2. The van der Waals surface area contributed by atoms with Gasteiger partial charge in [-0.05, 0) is 58.2 Å². The van der Waals surface area contributed by atoms with E-state index in [1.165, 1.54) is 39.1 Å². The first-order chi connectivity index (χ1) is 12.3. The first-order valence-electron chi connectivity index (χ1n) is 9.41. The van der Waals surface area contributed by atoms with Gasteiger partial charge in [0.05, 0.1) is 11.4 Å². The second-order valence-corrected chi connectivity index (χ2v) is 8.79. The van der Waals surface area contributed by atoms with Gasteiger partial charge in [-0.3, -0.25) is 9.97 Å². The van der Waals surface area contributed by atoms with Crippen LogP contribution in [0.25, 0.3) is 22.4 Å². The molecule has 3 aromatic rings.